The Hall–Kier alpha value is -2.83. The van der Waals surface area contributed by atoms with Crippen molar-refractivity contribution in [3.05, 3.63) is 65.0 Å². The van der Waals surface area contributed by atoms with Gasteiger partial charge in [0.05, 0.1) is 29.3 Å². The van der Waals surface area contributed by atoms with Crippen LogP contribution in [0.2, 0.25) is 0 Å². The predicted octanol–water partition coefficient (Wildman–Crippen LogP) is 6.82. The second-order valence-corrected chi connectivity index (χ2v) is 10.0. The Morgan fingerprint density at radius 1 is 1.15 bits per heavy atom. The fourth-order valence-corrected chi connectivity index (χ4v) is 5.41. The molecular formula is C26H29F3N2O2. The fourth-order valence-electron chi connectivity index (χ4n) is 5.41. The quantitative estimate of drug-likeness (QED) is 0.403. The van der Waals surface area contributed by atoms with E-state index < -0.39 is 17.7 Å². The van der Waals surface area contributed by atoms with Crippen molar-refractivity contribution in [1.82, 2.24) is 9.55 Å². The fraction of sp³-hybridized carbons (Fsp3) is 0.462. The standard InChI is InChI=1S/C26H29F3N2O2/c1-16-11-20(15-25(2,3)14-16)31-22-10-7-18(24(32)33-4)13-21(22)30-23(31)12-17-5-8-19(9-6-17)26(27,28)29/h5-10,13,16,20H,11-12,14-15H2,1-4H3. The maximum absolute atomic E-state index is 13.0. The molecule has 1 fully saturated rings. The molecule has 1 saturated carbocycles. The summed E-state index contributed by atoms with van der Waals surface area (Å²) >= 11 is 0. The van der Waals surface area contributed by atoms with Crippen LogP contribution >= 0.6 is 0 Å². The predicted molar refractivity (Wildman–Crippen MR) is 121 cm³/mol. The van der Waals surface area contributed by atoms with Gasteiger partial charge in [-0.15, -0.1) is 0 Å². The van der Waals surface area contributed by atoms with Crippen LogP contribution in [-0.4, -0.2) is 22.6 Å². The van der Waals surface area contributed by atoms with Crippen LogP contribution in [-0.2, 0) is 17.3 Å². The number of methoxy groups -OCH3 is 1. The van der Waals surface area contributed by atoms with Gasteiger partial charge in [-0.05, 0) is 66.5 Å². The average Bonchev–Trinajstić information content (AvgIpc) is 3.08. The van der Waals surface area contributed by atoms with E-state index >= 15 is 0 Å². The van der Waals surface area contributed by atoms with Gasteiger partial charge in [-0.2, -0.15) is 13.2 Å². The highest BCUT2D eigenvalue weighted by Gasteiger charge is 2.35. The third kappa shape index (κ3) is 4.92. The lowest BCUT2D eigenvalue weighted by Gasteiger charge is -2.40. The minimum absolute atomic E-state index is 0.177. The van der Waals surface area contributed by atoms with Gasteiger partial charge in [0.2, 0.25) is 0 Å². The minimum Gasteiger partial charge on any atom is -0.465 e. The number of hydrogen-bond donors (Lipinski definition) is 0. The molecule has 2 aromatic carbocycles. The summed E-state index contributed by atoms with van der Waals surface area (Å²) in [5.74, 6) is 0.911. The van der Waals surface area contributed by atoms with Gasteiger partial charge in [0.1, 0.15) is 5.82 Å². The van der Waals surface area contributed by atoms with E-state index in [4.69, 9.17) is 9.72 Å². The zero-order valence-corrected chi connectivity index (χ0v) is 19.4. The van der Waals surface area contributed by atoms with Gasteiger partial charge in [-0.3, -0.25) is 0 Å². The number of halogens is 3. The normalized spacial score (nSPS) is 20.7. The van der Waals surface area contributed by atoms with Crippen molar-refractivity contribution in [2.75, 3.05) is 7.11 Å². The summed E-state index contributed by atoms with van der Waals surface area (Å²) in [7, 11) is 1.34. The van der Waals surface area contributed by atoms with E-state index in [2.05, 4.69) is 25.3 Å². The Labute approximate surface area is 191 Å². The number of imidazole rings is 1. The van der Waals surface area contributed by atoms with E-state index in [1.807, 2.05) is 6.07 Å². The topological polar surface area (TPSA) is 44.1 Å². The number of fused-ring (bicyclic) bond motifs is 1. The molecule has 33 heavy (non-hydrogen) atoms. The molecule has 3 aromatic rings. The first-order valence-electron chi connectivity index (χ1n) is 11.2. The van der Waals surface area contributed by atoms with Gasteiger partial charge in [0.25, 0.3) is 0 Å². The maximum Gasteiger partial charge on any atom is 0.416 e. The molecule has 4 nitrogen and oxygen atoms in total. The van der Waals surface area contributed by atoms with Crippen LogP contribution in [0.15, 0.2) is 42.5 Å². The molecular weight excluding hydrogens is 429 g/mol. The van der Waals surface area contributed by atoms with E-state index in [0.29, 0.717) is 23.4 Å². The number of carbonyl (C=O) groups is 1. The monoisotopic (exact) mass is 458 g/mol. The molecule has 0 saturated heterocycles. The van der Waals surface area contributed by atoms with Crippen molar-refractivity contribution in [3.63, 3.8) is 0 Å². The Bertz CT molecular complexity index is 1160. The zero-order valence-electron chi connectivity index (χ0n) is 19.4. The van der Waals surface area contributed by atoms with Crippen LogP contribution < -0.4 is 0 Å². The van der Waals surface area contributed by atoms with Crippen molar-refractivity contribution in [3.8, 4) is 0 Å². The molecule has 1 aliphatic carbocycles. The van der Waals surface area contributed by atoms with Crippen LogP contribution in [0.3, 0.4) is 0 Å². The van der Waals surface area contributed by atoms with Crippen LogP contribution in [0.4, 0.5) is 13.2 Å². The first kappa shape index (κ1) is 23.3. The lowest BCUT2D eigenvalue weighted by atomic mass is 9.70. The third-order valence-electron chi connectivity index (χ3n) is 6.56. The molecule has 1 aliphatic rings. The highest BCUT2D eigenvalue weighted by atomic mass is 19.4. The van der Waals surface area contributed by atoms with Gasteiger partial charge in [0, 0.05) is 12.5 Å². The molecule has 0 spiro atoms. The van der Waals surface area contributed by atoms with Crippen molar-refractivity contribution in [2.45, 2.75) is 58.7 Å². The average molecular weight is 459 g/mol. The summed E-state index contributed by atoms with van der Waals surface area (Å²) in [5, 5.41) is 0. The number of esters is 1. The molecule has 0 aliphatic heterocycles. The Morgan fingerprint density at radius 3 is 2.45 bits per heavy atom. The Kier molecular flexibility index (Phi) is 6.01. The van der Waals surface area contributed by atoms with Gasteiger partial charge in [-0.25, -0.2) is 9.78 Å². The molecule has 176 valence electrons. The number of carbonyl (C=O) groups excluding carboxylic acids is 1. The number of hydrogen-bond acceptors (Lipinski definition) is 3. The summed E-state index contributed by atoms with van der Waals surface area (Å²) in [5.41, 5.74) is 2.32. The van der Waals surface area contributed by atoms with E-state index in [1.165, 1.54) is 19.2 Å². The highest BCUT2D eigenvalue weighted by molar-refractivity contribution is 5.93. The van der Waals surface area contributed by atoms with Crippen molar-refractivity contribution in [2.24, 2.45) is 11.3 Å². The first-order valence-corrected chi connectivity index (χ1v) is 11.2. The number of ether oxygens (including phenoxy) is 1. The number of nitrogens with zero attached hydrogens (tertiary/aromatic N) is 2. The third-order valence-corrected chi connectivity index (χ3v) is 6.56. The number of aromatic nitrogens is 2. The van der Waals surface area contributed by atoms with Crippen molar-refractivity contribution >= 4 is 17.0 Å². The second kappa shape index (κ2) is 8.50. The Balaban J connectivity index is 1.78. The van der Waals surface area contributed by atoms with E-state index in [9.17, 15) is 18.0 Å². The SMILES string of the molecule is COC(=O)c1ccc2c(c1)nc(Cc1ccc(C(F)(F)F)cc1)n2C1CC(C)CC(C)(C)C1. The summed E-state index contributed by atoms with van der Waals surface area (Å²) in [6.07, 6.45) is -0.808. The van der Waals surface area contributed by atoms with E-state index in [1.54, 1.807) is 12.1 Å². The molecule has 1 aromatic heterocycles. The lowest BCUT2D eigenvalue weighted by molar-refractivity contribution is -0.137. The molecule has 0 bridgehead atoms. The molecule has 0 N–H and O–H groups in total. The number of rotatable bonds is 4. The van der Waals surface area contributed by atoms with Crippen LogP contribution in [0.25, 0.3) is 11.0 Å². The molecule has 1 heterocycles. The van der Waals surface area contributed by atoms with Gasteiger partial charge < -0.3 is 9.30 Å². The zero-order chi connectivity index (χ0) is 24.0. The largest absolute Gasteiger partial charge is 0.465 e. The van der Waals surface area contributed by atoms with E-state index in [0.717, 1.165) is 48.3 Å². The van der Waals surface area contributed by atoms with Crippen LogP contribution in [0, 0.1) is 11.3 Å². The van der Waals surface area contributed by atoms with Crippen LogP contribution in [0.1, 0.15) is 73.4 Å². The van der Waals surface area contributed by atoms with Crippen molar-refractivity contribution in [1.29, 1.82) is 0 Å². The second-order valence-electron chi connectivity index (χ2n) is 10.0. The summed E-state index contributed by atoms with van der Waals surface area (Å²) in [6.45, 7) is 6.82. The van der Waals surface area contributed by atoms with E-state index in [-0.39, 0.29) is 11.5 Å². The summed E-state index contributed by atoms with van der Waals surface area (Å²) in [4.78, 5) is 16.9. The lowest BCUT2D eigenvalue weighted by Crippen LogP contribution is -2.30. The minimum atomic E-state index is -4.36. The maximum atomic E-state index is 13.0. The molecule has 0 amide bonds. The smallest absolute Gasteiger partial charge is 0.416 e. The number of alkyl halides is 3. The first-order chi connectivity index (χ1) is 15.5. The Morgan fingerprint density at radius 2 is 1.85 bits per heavy atom. The van der Waals surface area contributed by atoms with Crippen LogP contribution in [0.5, 0.6) is 0 Å². The summed E-state index contributed by atoms with van der Waals surface area (Å²) < 4.78 is 46.0. The molecule has 0 radical (unpaired) electrons. The van der Waals surface area contributed by atoms with Gasteiger partial charge in [0.15, 0.2) is 0 Å². The molecule has 2 atom stereocenters. The summed E-state index contributed by atoms with van der Waals surface area (Å²) in [6, 6.07) is 10.8. The van der Waals surface area contributed by atoms with Gasteiger partial charge in [-0.1, -0.05) is 32.9 Å². The number of benzene rings is 2. The molecule has 7 heteroatoms. The highest BCUT2D eigenvalue weighted by Crippen LogP contribution is 2.45. The molecule has 2 unspecified atom stereocenters. The molecule has 4 rings (SSSR count). The van der Waals surface area contributed by atoms with Crippen molar-refractivity contribution < 1.29 is 22.7 Å². The van der Waals surface area contributed by atoms with Gasteiger partial charge >= 0.3 is 12.1 Å².